The van der Waals surface area contributed by atoms with Crippen molar-refractivity contribution >= 4 is 28.5 Å². The molecule has 29 heavy (non-hydrogen) atoms. The van der Waals surface area contributed by atoms with Crippen molar-refractivity contribution in [2.24, 2.45) is 7.05 Å². The lowest BCUT2D eigenvalue weighted by Crippen LogP contribution is -2.43. The van der Waals surface area contributed by atoms with E-state index in [1.54, 1.807) is 25.1 Å². The smallest absolute Gasteiger partial charge is 0.375 e. The molecule has 0 fully saturated rings. The fraction of sp³-hybridized carbons (Fsp3) is 0.300. The molecule has 3 rings (SSSR count). The van der Waals surface area contributed by atoms with Crippen molar-refractivity contribution < 1.29 is 18.7 Å². The Labute approximate surface area is 165 Å². The van der Waals surface area contributed by atoms with E-state index in [2.05, 4.69) is 0 Å². The van der Waals surface area contributed by atoms with E-state index in [1.807, 2.05) is 13.0 Å². The van der Waals surface area contributed by atoms with Crippen molar-refractivity contribution in [2.75, 3.05) is 12.3 Å². The maximum atomic E-state index is 12.6. The van der Waals surface area contributed by atoms with Gasteiger partial charge in [-0.1, -0.05) is 25.1 Å². The van der Waals surface area contributed by atoms with Gasteiger partial charge in [0, 0.05) is 24.5 Å². The number of hydrogen-bond donors (Lipinski definition) is 1. The molecule has 0 unspecified atom stereocenters. The van der Waals surface area contributed by atoms with Crippen molar-refractivity contribution in [1.82, 2.24) is 9.13 Å². The average molecular weight is 399 g/mol. The van der Waals surface area contributed by atoms with E-state index in [9.17, 15) is 19.2 Å². The highest BCUT2D eigenvalue weighted by Gasteiger charge is 2.24. The van der Waals surface area contributed by atoms with Crippen LogP contribution in [0.2, 0.25) is 0 Å². The molecule has 2 N–H and O–H groups in total. The van der Waals surface area contributed by atoms with Crippen LogP contribution in [0.4, 0.5) is 5.82 Å². The van der Waals surface area contributed by atoms with Crippen molar-refractivity contribution in [2.45, 2.75) is 26.8 Å². The molecule has 0 saturated heterocycles. The second-order valence-electron chi connectivity index (χ2n) is 6.61. The van der Waals surface area contributed by atoms with Crippen LogP contribution in [0.25, 0.3) is 11.0 Å². The van der Waals surface area contributed by atoms with Gasteiger partial charge in [-0.15, -0.1) is 0 Å². The monoisotopic (exact) mass is 399 g/mol. The van der Waals surface area contributed by atoms with Crippen molar-refractivity contribution in [1.29, 1.82) is 0 Å². The third-order valence-electron chi connectivity index (χ3n) is 4.67. The van der Waals surface area contributed by atoms with Gasteiger partial charge in [0.1, 0.15) is 17.0 Å². The molecule has 0 spiro atoms. The number of nitrogen functional groups attached to an aromatic ring is 1. The van der Waals surface area contributed by atoms with Crippen molar-refractivity contribution in [3.8, 4) is 0 Å². The molecule has 0 amide bonds. The molecule has 0 aliphatic rings. The molecule has 2 aromatic heterocycles. The number of fused-ring (bicyclic) bond motifs is 1. The third-order valence-corrected chi connectivity index (χ3v) is 4.67. The predicted molar refractivity (Wildman–Crippen MR) is 106 cm³/mol. The SMILES string of the molecule is CCCn1c(N)c(C(=O)COC(=O)c2oc3ccccc3c2C)c(=O)n(C)c1=O. The lowest BCUT2D eigenvalue weighted by Gasteiger charge is -2.13. The molecule has 0 saturated carbocycles. The van der Waals surface area contributed by atoms with E-state index in [0.29, 0.717) is 17.6 Å². The van der Waals surface area contributed by atoms with E-state index < -0.39 is 29.6 Å². The van der Waals surface area contributed by atoms with Crippen LogP contribution in [-0.4, -0.2) is 27.5 Å². The number of para-hydroxylation sites is 1. The Kier molecular flexibility index (Phi) is 5.40. The van der Waals surface area contributed by atoms with Gasteiger partial charge in [-0.25, -0.2) is 9.59 Å². The maximum absolute atomic E-state index is 12.6. The number of anilines is 1. The number of Topliss-reactive ketones (excluding diaryl/α,β-unsaturated/α-hetero) is 1. The zero-order valence-electron chi connectivity index (χ0n) is 16.4. The first kappa shape index (κ1) is 20.1. The summed E-state index contributed by atoms with van der Waals surface area (Å²) in [5.74, 6) is -1.88. The summed E-state index contributed by atoms with van der Waals surface area (Å²) in [6.45, 7) is 3.07. The number of nitrogens with two attached hydrogens (primary N) is 1. The number of esters is 1. The summed E-state index contributed by atoms with van der Waals surface area (Å²) in [5, 5.41) is 0.760. The van der Waals surface area contributed by atoms with Crippen LogP contribution in [0.1, 0.15) is 39.8 Å². The van der Waals surface area contributed by atoms with Crippen molar-refractivity contribution in [3.63, 3.8) is 0 Å². The second kappa shape index (κ2) is 7.78. The molecule has 9 heteroatoms. The van der Waals surface area contributed by atoms with E-state index >= 15 is 0 Å². The highest BCUT2D eigenvalue weighted by molar-refractivity contribution is 6.02. The molecule has 1 aromatic carbocycles. The Balaban J connectivity index is 1.87. The van der Waals surface area contributed by atoms with Gasteiger partial charge in [0.2, 0.25) is 11.5 Å². The highest BCUT2D eigenvalue weighted by atomic mass is 16.5. The number of nitrogens with zero attached hydrogens (tertiary/aromatic N) is 2. The van der Waals surface area contributed by atoms with Gasteiger partial charge in [-0.2, -0.15) is 0 Å². The predicted octanol–water partition coefficient (Wildman–Crippen LogP) is 1.63. The zero-order chi connectivity index (χ0) is 21.3. The molecule has 3 aromatic rings. The minimum Gasteiger partial charge on any atom is -0.451 e. The van der Waals surface area contributed by atoms with E-state index in [-0.39, 0.29) is 23.7 Å². The fourth-order valence-electron chi connectivity index (χ4n) is 3.12. The van der Waals surface area contributed by atoms with Gasteiger partial charge in [0.25, 0.3) is 5.56 Å². The number of rotatable bonds is 6. The number of benzene rings is 1. The number of aromatic nitrogens is 2. The number of carbonyl (C=O) groups excluding carboxylic acids is 2. The Morgan fingerprint density at radius 2 is 1.90 bits per heavy atom. The Hall–Kier alpha value is -3.62. The first-order valence-electron chi connectivity index (χ1n) is 9.05. The van der Waals surface area contributed by atoms with Crippen molar-refractivity contribution in [3.05, 3.63) is 62.0 Å². The number of ketones is 1. The van der Waals surface area contributed by atoms with Crippen LogP contribution in [0.3, 0.4) is 0 Å². The number of carbonyl (C=O) groups is 2. The van der Waals surface area contributed by atoms with Gasteiger partial charge in [0.05, 0.1) is 0 Å². The van der Waals surface area contributed by atoms with Crippen LogP contribution in [0.5, 0.6) is 0 Å². The Bertz CT molecular complexity index is 1230. The highest BCUT2D eigenvalue weighted by Crippen LogP contribution is 2.25. The lowest BCUT2D eigenvalue weighted by atomic mass is 10.1. The molecule has 0 radical (unpaired) electrons. The molecular formula is C20H21N3O6. The van der Waals surface area contributed by atoms with Gasteiger partial charge >= 0.3 is 11.7 Å². The number of aryl methyl sites for hydroxylation is 1. The largest absolute Gasteiger partial charge is 0.451 e. The molecule has 0 aliphatic heterocycles. The summed E-state index contributed by atoms with van der Waals surface area (Å²) in [6.07, 6.45) is 0.580. The normalized spacial score (nSPS) is 11.0. The molecule has 152 valence electrons. The van der Waals surface area contributed by atoms with Crippen LogP contribution in [0.15, 0.2) is 38.3 Å². The summed E-state index contributed by atoms with van der Waals surface area (Å²) < 4.78 is 12.5. The maximum Gasteiger partial charge on any atom is 0.375 e. The lowest BCUT2D eigenvalue weighted by molar-refractivity contribution is 0.0444. The first-order valence-corrected chi connectivity index (χ1v) is 9.05. The zero-order valence-corrected chi connectivity index (χ0v) is 16.4. The minimum absolute atomic E-state index is 0.0178. The average Bonchev–Trinajstić information content (AvgIpc) is 3.05. The fourth-order valence-corrected chi connectivity index (χ4v) is 3.12. The summed E-state index contributed by atoms with van der Waals surface area (Å²) in [6, 6.07) is 7.10. The number of ether oxygens (including phenoxy) is 1. The number of furan rings is 1. The molecule has 9 nitrogen and oxygen atoms in total. The molecule has 0 atom stereocenters. The van der Waals surface area contributed by atoms with Gasteiger partial charge in [0.15, 0.2) is 6.61 Å². The standard InChI is InChI=1S/C20H21N3O6/c1-4-9-23-17(21)15(18(25)22(3)20(23)27)13(24)10-28-19(26)16-11(2)12-7-5-6-8-14(12)29-16/h5-8H,4,9-10,21H2,1-3H3. The molecule has 2 heterocycles. The summed E-state index contributed by atoms with van der Waals surface area (Å²) in [7, 11) is 1.26. The minimum atomic E-state index is -0.833. The summed E-state index contributed by atoms with van der Waals surface area (Å²) in [4.78, 5) is 49.5. The summed E-state index contributed by atoms with van der Waals surface area (Å²) >= 11 is 0. The topological polar surface area (TPSA) is 127 Å². The number of hydrogen-bond acceptors (Lipinski definition) is 7. The summed E-state index contributed by atoms with van der Waals surface area (Å²) in [5.41, 5.74) is 5.19. The van der Waals surface area contributed by atoms with Crippen LogP contribution in [-0.2, 0) is 18.3 Å². The molecule has 0 aliphatic carbocycles. The second-order valence-corrected chi connectivity index (χ2v) is 6.61. The van der Waals surface area contributed by atoms with Crippen LogP contribution < -0.4 is 17.0 Å². The third kappa shape index (κ3) is 3.46. The van der Waals surface area contributed by atoms with Gasteiger partial charge in [-0.3, -0.25) is 18.7 Å². The van der Waals surface area contributed by atoms with Gasteiger partial charge < -0.3 is 14.9 Å². The van der Waals surface area contributed by atoms with E-state index in [4.69, 9.17) is 14.9 Å². The van der Waals surface area contributed by atoms with Gasteiger partial charge in [-0.05, 0) is 19.4 Å². The van der Waals surface area contributed by atoms with Crippen LogP contribution in [0, 0.1) is 6.92 Å². The Morgan fingerprint density at radius 1 is 1.21 bits per heavy atom. The quantitative estimate of drug-likeness (QED) is 0.493. The first-order chi connectivity index (χ1) is 13.8. The molecule has 0 bridgehead atoms. The van der Waals surface area contributed by atoms with Crippen LogP contribution >= 0.6 is 0 Å². The van der Waals surface area contributed by atoms with E-state index in [0.717, 1.165) is 14.5 Å². The Morgan fingerprint density at radius 3 is 2.55 bits per heavy atom. The molecular weight excluding hydrogens is 378 g/mol. The van der Waals surface area contributed by atoms with E-state index in [1.165, 1.54) is 7.05 Å².